The lowest BCUT2D eigenvalue weighted by molar-refractivity contribution is -0.384. The van der Waals surface area contributed by atoms with Crippen molar-refractivity contribution >= 4 is 17.3 Å². The number of nitro benzene ring substituents is 1. The second-order valence-corrected chi connectivity index (χ2v) is 4.32. The van der Waals surface area contributed by atoms with E-state index in [4.69, 9.17) is 5.73 Å². The molecule has 0 aliphatic carbocycles. The fourth-order valence-electron chi connectivity index (χ4n) is 1.87. The van der Waals surface area contributed by atoms with E-state index in [1.54, 1.807) is 4.90 Å². The molecule has 2 N–H and O–H groups in total. The van der Waals surface area contributed by atoms with Gasteiger partial charge in [0.1, 0.15) is 0 Å². The normalized spacial score (nSPS) is 10.2. The predicted octanol–water partition coefficient (Wildman–Crippen LogP) is 2.44. The number of non-ortho nitro benzene ring substituents is 1. The van der Waals surface area contributed by atoms with Crippen LogP contribution in [0.2, 0.25) is 0 Å². The summed E-state index contributed by atoms with van der Waals surface area (Å²) in [4.78, 5) is 24.2. The molecule has 0 saturated carbocycles. The van der Waals surface area contributed by atoms with Crippen LogP contribution in [0.4, 0.5) is 11.4 Å². The molecule has 0 saturated heterocycles. The minimum atomic E-state index is -0.528. The van der Waals surface area contributed by atoms with Gasteiger partial charge in [0.2, 0.25) is 0 Å². The topological polar surface area (TPSA) is 89.5 Å². The maximum Gasteiger partial charge on any atom is 0.270 e. The minimum absolute atomic E-state index is 0.120. The highest BCUT2D eigenvalue weighted by Crippen LogP contribution is 2.21. The molecule has 6 heteroatoms. The van der Waals surface area contributed by atoms with E-state index in [0.29, 0.717) is 13.1 Å². The predicted molar refractivity (Wildman–Crippen MR) is 74.0 cm³/mol. The Morgan fingerprint density at radius 2 is 1.89 bits per heavy atom. The van der Waals surface area contributed by atoms with Crippen LogP contribution in [0.5, 0.6) is 0 Å². The van der Waals surface area contributed by atoms with Crippen LogP contribution < -0.4 is 5.73 Å². The molecule has 0 radical (unpaired) electrons. The Kier molecular flexibility index (Phi) is 5.29. The summed E-state index contributed by atoms with van der Waals surface area (Å²) >= 11 is 0. The first-order valence-corrected chi connectivity index (χ1v) is 6.34. The maximum atomic E-state index is 12.3. The average molecular weight is 265 g/mol. The van der Waals surface area contributed by atoms with Gasteiger partial charge in [-0.1, -0.05) is 13.8 Å². The highest BCUT2D eigenvalue weighted by molar-refractivity contribution is 5.99. The highest BCUT2D eigenvalue weighted by Gasteiger charge is 2.19. The molecule has 0 bridgehead atoms. The molecule has 0 unspecified atom stereocenters. The Balaban J connectivity index is 3.08. The van der Waals surface area contributed by atoms with Gasteiger partial charge in [0.15, 0.2) is 0 Å². The first-order chi connectivity index (χ1) is 9.01. The molecule has 0 aliphatic heterocycles. The number of nitro groups is 1. The SMILES string of the molecule is CCCN(CCC)C(=O)c1cc([N+](=O)[O-])ccc1N. The summed E-state index contributed by atoms with van der Waals surface area (Å²) in [6, 6.07) is 3.95. The van der Waals surface area contributed by atoms with Crippen molar-refractivity contribution in [1.29, 1.82) is 0 Å². The van der Waals surface area contributed by atoms with Crippen LogP contribution in [0, 0.1) is 10.1 Å². The molecule has 1 aromatic carbocycles. The van der Waals surface area contributed by atoms with Crippen molar-refractivity contribution in [2.24, 2.45) is 0 Å². The number of hydrogen-bond acceptors (Lipinski definition) is 4. The van der Waals surface area contributed by atoms with Crippen molar-refractivity contribution in [3.8, 4) is 0 Å². The molecule has 6 nitrogen and oxygen atoms in total. The van der Waals surface area contributed by atoms with Gasteiger partial charge in [-0.15, -0.1) is 0 Å². The molecular weight excluding hydrogens is 246 g/mol. The van der Waals surface area contributed by atoms with Crippen LogP contribution in [-0.4, -0.2) is 28.8 Å². The maximum absolute atomic E-state index is 12.3. The lowest BCUT2D eigenvalue weighted by Gasteiger charge is -2.22. The van der Waals surface area contributed by atoms with E-state index in [-0.39, 0.29) is 22.8 Å². The number of nitrogens with two attached hydrogens (primary N) is 1. The number of nitrogens with zero attached hydrogens (tertiary/aromatic N) is 2. The second kappa shape index (κ2) is 6.72. The molecule has 1 amide bonds. The van der Waals surface area contributed by atoms with E-state index in [1.807, 2.05) is 13.8 Å². The summed E-state index contributed by atoms with van der Waals surface area (Å²) in [7, 11) is 0. The summed E-state index contributed by atoms with van der Waals surface area (Å²) in [5.74, 6) is -0.245. The summed E-state index contributed by atoms with van der Waals surface area (Å²) in [6.07, 6.45) is 1.67. The van der Waals surface area contributed by atoms with Gasteiger partial charge in [-0.25, -0.2) is 0 Å². The van der Waals surface area contributed by atoms with Gasteiger partial charge in [0.25, 0.3) is 11.6 Å². The van der Waals surface area contributed by atoms with Crippen LogP contribution >= 0.6 is 0 Å². The monoisotopic (exact) mass is 265 g/mol. The van der Waals surface area contributed by atoms with Crippen LogP contribution in [0.3, 0.4) is 0 Å². The van der Waals surface area contributed by atoms with Crippen molar-refractivity contribution in [3.05, 3.63) is 33.9 Å². The first kappa shape index (κ1) is 14.9. The Hall–Kier alpha value is -2.11. The van der Waals surface area contributed by atoms with Crippen molar-refractivity contribution in [2.75, 3.05) is 18.8 Å². The van der Waals surface area contributed by atoms with Gasteiger partial charge in [0, 0.05) is 30.9 Å². The Labute approximate surface area is 112 Å². The molecule has 0 spiro atoms. The summed E-state index contributed by atoms with van der Waals surface area (Å²) in [5, 5.41) is 10.7. The van der Waals surface area contributed by atoms with Crippen molar-refractivity contribution in [1.82, 2.24) is 4.90 Å². The molecule has 0 aromatic heterocycles. The summed E-state index contributed by atoms with van der Waals surface area (Å²) in [5.41, 5.74) is 6.11. The highest BCUT2D eigenvalue weighted by atomic mass is 16.6. The van der Waals surface area contributed by atoms with Crippen molar-refractivity contribution < 1.29 is 9.72 Å². The second-order valence-electron chi connectivity index (χ2n) is 4.32. The Bertz CT molecular complexity index is 468. The molecular formula is C13H19N3O3. The minimum Gasteiger partial charge on any atom is -0.398 e. The number of benzene rings is 1. The molecule has 0 fully saturated rings. The fourth-order valence-corrected chi connectivity index (χ4v) is 1.87. The van der Waals surface area contributed by atoms with Crippen LogP contribution in [0.25, 0.3) is 0 Å². The van der Waals surface area contributed by atoms with E-state index in [1.165, 1.54) is 18.2 Å². The lowest BCUT2D eigenvalue weighted by atomic mass is 10.1. The Morgan fingerprint density at radius 1 is 1.32 bits per heavy atom. The third-order valence-corrected chi connectivity index (χ3v) is 2.75. The van der Waals surface area contributed by atoms with E-state index in [9.17, 15) is 14.9 Å². The van der Waals surface area contributed by atoms with Crippen molar-refractivity contribution in [3.63, 3.8) is 0 Å². The molecule has 19 heavy (non-hydrogen) atoms. The van der Waals surface area contributed by atoms with E-state index in [0.717, 1.165) is 12.8 Å². The van der Waals surface area contributed by atoms with Gasteiger partial charge >= 0.3 is 0 Å². The van der Waals surface area contributed by atoms with Gasteiger partial charge < -0.3 is 10.6 Å². The zero-order valence-corrected chi connectivity index (χ0v) is 11.3. The van der Waals surface area contributed by atoms with Crippen LogP contribution in [0.1, 0.15) is 37.0 Å². The number of rotatable bonds is 6. The number of anilines is 1. The number of carbonyl (C=O) groups is 1. The molecule has 104 valence electrons. The van der Waals surface area contributed by atoms with Gasteiger partial charge in [-0.05, 0) is 18.9 Å². The van der Waals surface area contributed by atoms with Gasteiger partial charge in [0.05, 0.1) is 10.5 Å². The summed E-state index contributed by atoms with van der Waals surface area (Å²) in [6.45, 7) is 5.20. The number of nitrogen functional groups attached to an aromatic ring is 1. The van der Waals surface area contributed by atoms with E-state index >= 15 is 0 Å². The quantitative estimate of drug-likeness (QED) is 0.486. The molecule has 0 heterocycles. The van der Waals surface area contributed by atoms with Crippen LogP contribution in [-0.2, 0) is 0 Å². The smallest absolute Gasteiger partial charge is 0.270 e. The van der Waals surface area contributed by atoms with E-state index in [2.05, 4.69) is 0 Å². The fraction of sp³-hybridized carbons (Fsp3) is 0.462. The molecule has 1 aromatic rings. The Morgan fingerprint density at radius 3 is 2.37 bits per heavy atom. The first-order valence-electron chi connectivity index (χ1n) is 6.34. The zero-order chi connectivity index (χ0) is 14.4. The van der Waals surface area contributed by atoms with Gasteiger partial charge in [-0.2, -0.15) is 0 Å². The number of hydrogen-bond donors (Lipinski definition) is 1. The zero-order valence-electron chi connectivity index (χ0n) is 11.3. The largest absolute Gasteiger partial charge is 0.398 e. The standard InChI is InChI=1S/C13H19N3O3/c1-3-7-15(8-4-2)13(17)11-9-10(16(18)19)5-6-12(11)14/h5-6,9H,3-4,7-8,14H2,1-2H3. The molecule has 0 atom stereocenters. The van der Waals surface area contributed by atoms with Crippen LogP contribution in [0.15, 0.2) is 18.2 Å². The third-order valence-electron chi connectivity index (χ3n) is 2.75. The molecule has 0 aliphatic rings. The molecule has 1 rings (SSSR count). The number of carbonyl (C=O) groups excluding carboxylic acids is 1. The van der Waals surface area contributed by atoms with Gasteiger partial charge in [-0.3, -0.25) is 14.9 Å². The average Bonchev–Trinajstić information content (AvgIpc) is 2.38. The summed E-state index contributed by atoms with van der Waals surface area (Å²) < 4.78 is 0. The third kappa shape index (κ3) is 3.67. The van der Waals surface area contributed by atoms with E-state index < -0.39 is 4.92 Å². The number of amides is 1. The lowest BCUT2D eigenvalue weighted by Crippen LogP contribution is -2.33. The van der Waals surface area contributed by atoms with Crippen molar-refractivity contribution in [2.45, 2.75) is 26.7 Å².